The van der Waals surface area contributed by atoms with Crippen molar-refractivity contribution in [2.75, 3.05) is 13.2 Å². The predicted octanol–water partition coefficient (Wildman–Crippen LogP) is 0.202. The van der Waals surface area contributed by atoms with Crippen molar-refractivity contribution in [1.29, 1.82) is 0 Å². The normalized spacial score (nSPS) is 29.7. The van der Waals surface area contributed by atoms with Gasteiger partial charge in [0.25, 0.3) is 0 Å². The number of hydrogen-bond acceptors (Lipinski definition) is 7. The lowest BCUT2D eigenvalue weighted by molar-refractivity contribution is -0.174. The summed E-state index contributed by atoms with van der Waals surface area (Å²) in [5.74, 6) is -1.49. The molecule has 1 saturated heterocycles. The van der Waals surface area contributed by atoms with Crippen LogP contribution in [0, 0.1) is 0 Å². The third-order valence-electron chi connectivity index (χ3n) is 2.69. The summed E-state index contributed by atoms with van der Waals surface area (Å²) in [6.45, 7) is 5.39. The van der Waals surface area contributed by atoms with E-state index in [1.807, 2.05) is 0 Å². The average Bonchev–Trinajstić information content (AvgIpc) is 2.55. The zero-order valence-corrected chi connectivity index (χ0v) is 11.4. The first-order valence-electron chi connectivity index (χ1n) is 5.86. The van der Waals surface area contributed by atoms with Crippen molar-refractivity contribution in [3.63, 3.8) is 0 Å². The fraction of sp³-hybridized carbons (Fsp3) is 0.750. The molecule has 1 heterocycles. The molecular formula is C12H18O7. The third-order valence-corrected chi connectivity index (χ3v) is 2.69. The van der Waals surface area contributed by atoms with Crippen LogP contribution in [0.4, 0.5) is 0 Å². The number of carbonyl (C=O) groups is 3. The van der Waals surface area contributed by atoms with Crippen molar-refractivity contribution in [3.05, 3.63) is 0 Å². The molecule has 0 N–H and O–H groups in total. The van der Waals surface area contributed by atoms with Crippen LogP contribution in [0.15, 0.2) is 0 Å². The molecule has 1 aliphatic rings. The van der Waals surface area contributed by atoms with E-state index in [1.165, 1.54) is 20.8 Å². The van der Waals surface area contributed by atoms with E-state index in [1.54, 1.807) is 6.92 Å². The van der Waals surface area contributed by atoms with E-state index < -0.39 is 35.7 Å². The van der Waals surface area contributed by atoms with E-state index in [0.29, 0.717) is 0 Å². The van der Waals surface area contributed by atoms with Gasteiger partial charge in [-0.15, -0.1) is 0 Å². The lowest BCUT2D eigenvalue weighted by Gasteiger charge is -2.30. The highest BCUT2D eigenvalue weighted by Gasteiger charge is 2.51. The first-order chi connectivity index (χ1) is 8.74. The Bertz CT molecular complexity index is 378. The second kappa shape index (κ2) is 6.01. The van der Waals surface area contributed by atoms with Crippen LogP contribution in [0.3, 0.4) is 0 Å². The third kappa shape index (κ3) is 4.20. The quantitative estimate of drug-likeness (QED) is 0.534. The summed E-state index contributed by atoms with van der Waals surface area (Å²) < 4.78 is 20.6. The molecule has 3 atom stereocenters. The molecule has 19 heavy (non-hydrogen) atoms. The van der Waals surface area contributed by atoms with E-state index in [0.717, 1.165) is 0 Å². The maximum atomic E-state index is 11.1. The Morgan fingerprint density at radius 1 is 1.11 bits per heavy atom. The Morgan fingerprint density at radius 3 is 2.16 bits per heavy atom. The summed E-state index contributed by atoms with van der Waals surface area (Å²) in [4.78, 5) is 33.0. The highest BCUT2D eigenvalue weighted by Crippen LogP contribution is 2.31. The van der Waals surface area contributed by atoms with E-state index >= 15 is 0 Å². The molecule has 7 nitrogen and oxygen atoms in total. The van der Waals surface area contributed by atoms with Crippen molar-refractivity contribution in [2.24, 2.45) is 0 Å². The SMILES string of the molecule is CC(=O)OC[C@@]1(C)OC[C@H](OC(C)=O)[C@@H]1OC(C)=O. The van der Waals surface area contributed by atoms with Crippen LogP contribution >= 0.6 is 0 Å². The minimum Gasteiger partial charge on any atom is -0.463 e. The van der Waals surface area contributed by atoms with Gasteiger partial charge in [0.2, 0.25) is 0 Å². The van der Waals surface area contributed by atoms with Gasteiger partial charge in [-0.25, -0.2) is 0 Å². The maximum Gasteiger partial charge on any atom is 0.303 e. The van der Waals surface area contributed by atoms with Crippen LogP contribution in [-0.2, 0) is 33.3 Å². The molecule has 1 rings (SSSR count). The van der Waals surface area contributed by atoms with Gasteiger partial charge in [-0.1, -0.05) is 0 Å². The van der Waals surface area contributed by atoms with Gasteiger partial charge in [-0.3, -0.25) is 14.4 Å². The standard InChI is InChI=1S/C12H18O7/c1-7(13)16-6-12(4)11(19-9(3)15)10(5-17-12)18-8(2)14/h10-11H,5-6H2,1-4H3/t10-,11-,12+/m0/s1. The summed E-state index contributed by atoms with van der Waals surface area (Å²) in [5, 5.41) is 0. The molecule has 0 unspecified atom stereocenters. The van der Waals surface area contributed by atoms with Crippen LogP contribution < -0.4 is 0 Å². The van der Waals surface area contributed by atoms with Gasteiger partial charge in [0, 0.05) is 20.8 Å². The molecule has 0 amide bonds. The van der Waals surface area contributed by atoms with Gasteiger partial charge in [0.15, 0.2) is 12.2 Å². The zero-order chi connectivity index (χ0) is 14.6. The smallest absolute Gasteiger partial charge is 0.303 e. The lowest BCUT2D eigenvalue weighted by Crippen LogP contribution is -2.48. The van der Waals surface area contributed by atoms with Crippen LogP contribution in [0.5, 0.6) is 0 Å². The second-order valence-corrected chi connectivity index (χ2v) is 4.58. The molecular weight excluding hydrogens is 256 g/mol. The minimum absolute atomic E-state index is 0.0787. The summed E-state index contributed by atoms with van der Waals surface area (Å²) in [5.41, 5.74) is -1.03. The largest absolute Gasteiger partial charge is 0.463 e. The van der Waals surface area contributed by atoms with E-state index in [2.05, 4.69) is 0 Å². The Kier molecular flexibility index (Phi) is 4.88. The molecule has 7 heteroatoms. The Labute approximate surface area is 111 Å². The predicted molar refractivity (Wildman–Crippen MR) is 62.1 cm³/mol. The molecule has 0 aromatic carbocycles. The first-order valence-corrected chi connectivity index (χ1v) is 5.86. The zero-order valence-electron chi connectivity index (χ0n) is 11.4. The molecule has 0 aromatic heterocycles. The van der Waals surface area contributed by atoms with Crippen molar-refractivity contribution in [1.82, 2.24) is 0 Å². The average molecular weight is 274 g/mol. The van der Waals surface area contributed by atoms with Crippen molar-refractivity contribution < 1.29 is 33.3 Å². The molecule has 1 fully saturated rings. The highest BCUT2D eigenvalue weighted by molar-refractivity contribution is 5.68. The maximum absolute atomic E-state index is 11.1. The molecule has 0 spiro atoms. The molecule has 0 radical (unpaired) electrons. The fourth-order valence-electron chi connectivity index (χ4n) is 1.89. The topological polar surface area (TPSA) is 88.1 Å². The molecule has 0 aromatic rings. The number of rotatable bonds is 4. The molecule has 0 saturated carbocycles. The minimum atomic E-state index is -1.03. The number of carbonyl (C=O) groups excluding carboxylic acids is 3. The van der Waals surface area contributed by atoms with Gasteiger partial charge in [0.1, 0.15) is 12.2 Å². The lowest BCUT2D eigenvalue weighted by atomic mass is 9.98. The summed E-state index contributed by atoms with van der Waals surface area (Å²) in [6.07, 6.45) is -1.52. The van der Waals surface area contributed by atoms with E-state index in [9.17, 15) is 14.4 Å². The Balaban J connectivity index is 2.81. The van der Waals surface area contributed by atoms with Gasteiger partial charge in [-0.2, -0.15) is 0 Å². The molecule has 0 aliphatic carbocycles. The first kappa shape index (κ1) is 15.4. The monoisotopic (exact) mass is 274 g/mol. The summed E-state index contributed by atoms with van der Waals surface area (Å²) in [7, 11) is 0. The Hall–Kier alpha value is -1.63. The summed E-state index contributed by atoms with van der Waals surface area (Å²) >= 11 is 0. The van der Waals surface area contributed by atoms with Gasteiger partial charge >= 0.3 is 17.9 Å². The van der Waals surface area contributed by atoms with Crippen LogP contribution in [-0.4, -0.2) is 48.9 Å². The molecule has 0 bridgehead atoms. The molecule has 108 valence electrons. The van der Waals surface area contributed by atoms with Gasteiger partial charge in [0.05, 0.1) is 6.61 Å². The van der Waals surface area contributed by atoms with Crippen LogP contribution in [0.1, 0.15) is 27.7 Å². The second-order valence-electron chi connectivity index (χ2n) is 4.58. The number of ether oxygens (including phenoxy) is 4. The fourth-order valence-corrected chi connectivity index (χ4v) is 1.89. The van der Waals surface area contributed by atoms with Crippen molar-refractivity contribution >= 4 is 17.9 Å². The van der Waals surface area contributed by atoms with Crippen LogP contribution in [0.25, 0.3) is 0 Å². The number of hydrogen-bond donors (Lipinski definition) is 0. The van der Waals surface area contributed by atoms with Crippen LogP contribution in [0.2, 0.25) is 0 Å². The summed E-state index contributed by atoms with van der Waals surface area (Å²) in [6, 6.07) is 0. The Morgan fingerprint density at radius 2 is 1.68 bits per heavy atom. The number of esters is 3. The van der Waals surface area contributed by atoms with E-state index in [-0.39, 0.29) is 13.2 Å². The van der Waals surface area contributed by atoms with E-state index in [4.69, 9.17) is 18.9 Å². The van der Waals surface area contributed by atoms with Gasteiger partial charge < -0.3 is 18.9 Å². The molecule has 1 aliphatic heterocycles. The van der Waals surface area contributed by atoms with Crippen molar-refractivity contribution in [3.8, 4) is 0 Å². The van der Waals surface area contributed by atoms with Gasteiger partial charge in [-0.05, 0) is 6.92 Å². The highest BCUT2D eigenvalue weighted by atomic mass is 16.6. The van der Waals surface area contributed by atoms with Crippen molar-refractivity contribution in [2.45, 2.75) is 45.5 Å².